The number of aromatic nitrogens is 6. The summed E-state index contributed by atoms with van der Waals surface area (Å²) in [6, 6.07) is 8.84. The molecule has 0 unspecified atom stereocenters. The van der Waals surface area contributed by atoms with Crippen LogP contribution in [0.3, 0.4) is 0 Å². The first kappa shape index (κ1) is 22.4. The van der Waals surface area contributed by atoms with Crippen molar-refractivity contribution in [2.45, 2.75) is 58.3 Å². The Bertz CT molecular complexity index is 1300. The molecule has 7 heteroatoms. The molecule has 176 valence electrons. The highest BCUT2D eigenvalue weighted by molar-refractivity contribution is 5.75. The van der Waals surface area contributed by atoms with Gasteiger partial charge in [-0.15, -0.1) is 0 Å². The van der Waals surface area contributed by atoms with Crippen LogP contribution >= 0.6 is 0 Å². The quantitative estimate of drug-likeness (QED) is 0.443. The number of benzene rings is 1. The lowest BCUT2D eigenvalue weighted by Gasteiger charge is -2.31. The van der Waals surface area contributed by atoms with E-state index in [0.717, 1.165) is 60.9 Å². The summed E-state index contributed by atoms with van der Waals surface area (Å²) in [5.74, 6) is 1.24. The fourth-order valence-electron chi connectivity index (χ4n) is 4.82. The zero-order valence-corrected chi connectivity index (χ0v) is 20.8. The standard InChI is InChI=1S/C27H33N7/c1-18-6-7-21(27(2,3)4)14-20(18)15-23-24-25(30-17-33(24)5)32-26(31-23)34-12-9-19(10-13-34)22-8-11-28-16-29-22/h6-8,11,14,16-17,19H,9-10,12-13,15H2,1-5H3. The molecule has 7 nitrogen and oxygen atoms in total. The molecule has 0 aliphatic carbocycles. The van der Waals surface area contributed by atoms with Gasteiger partial charge in [0.15, 0.2) is 5.65 Å². The van der Waals surface area contributed by atoms with E-state index in [2.05, 4.69) is 65.7 Å². The van der Waals surface area contributed by atoms with Crippen LogP contribution in [0.1, 0.15) is 67.6 Å². The summed E-state index contributed by atoms with van der Waals surface area (Å²) < 4.78 is 2.04. The Morgan fingerprint density at radius 1 is 1.03 bits per heavy atom. The highest BCUT2D eigenvalue weighted by atomic mass is 15.3. The topological polar surface area (TPSA) is 72.6 Å². The zero-order valence-electron chi connectivity index (χ0n) is 20.8. The van der Waals surface area contributed by atoms with Crippen LogP contribution in [0.15, 0.2) is 43.1 Å². The van der Waals surface area contributed by atoms with Crippen LogP contribution < -0.4 is 4.90 Å². The molecule has 0 bridgehead atoms. The van der Waals surface area contributed by atoms with E-state index in [1.165, 1.54) is 16.7 Å². The third-order valence-electron chi connectivity index (χ3n) is 7.01. The lowest BCUT2D eigenvalue weighted by Crippen LogP contribution is -2.34. The first-order valence-corrected chi connectivity index (χ1v) is 12.1. The van der Waals surface area contributed by atoms with Gasteiger partial charge in [-0.05, 0) is 47.9 Å². The first-order valence-electron chi connectivity index (χ1n) is 12.1. The third kappa shape index (κ3) is 4.39. The fourth-order valence-corrected chi connectivity index (χ4v) is 4.82. The minimum absolute atomic E-state index is 0.106. The molecule has 1 aromatic carbocycles. The maximum Gasteiger partial charge on any atom is 0.227 e. The number of fused-ring (bicyclic) bond motifs is 1. The summed E-state index contributed by atoms with van der Waals surface area (Å²) in [6.45, 7) is 10.8. The molecule has 0 spiro atoms. The molecule has 1 saturated heterocycles. The van der Waals surface area contributed by atoms with Crippen molar-refractivity contribution in [2.24, 2.45) is 7.05 Å². The molecule has 4 heterocycles. The Morgan fingerprint density at radius 3 is 2.53 bits per heavy atom. The molecular weight excluding hydrogens is 422 g/mol. The average Bonchev–Trinajstić information content (AvgIpc) is 3.21. The molecular formula is C27H33N7. The van der Waals surface area contributed by atoms with Crippen LogP contribution in [0.4, 0.5) is 5.95 Å². The van der Waals surface area contributed by atoms with Crippen molar-refractivity contribution in [1.82, 2.24) is 29.5 Å². The predicted molar refractivity (Wildman–Crippen MR) is 135 cm³/mol. The van der Waals surface area contributed by atoms with Gasteiger partial charge in [-0.2, -0.15) is 4.98 Å². The van der Waals surface area contributed by atoms with Crippen LogP contribution in [0.2, 0.25) is 0 Å². The lowest BCUT2D eigenvalue weighted by atomic mass is 9.84. The van der Waals surface area contributed by atoms with Crippen molar-refractivity contribution < 1.29 is 0 Å². The van der Waals surface area contributed by atoms with E-state index in [0.29, 0.717) is 5.92 Å². The number of nitrogens with zero attached hydrogens (tertiary/aromatic N) is 7. The number of aryl methyl sites for hydroxylation is 2. The van der Waals surface area contributed by atoms with Crippen molar-refractivity contribution in [2.75, 3.05) is 18.0 Å². The van der Waals surface area contributed by atoms with E-state index in [4.69, 9.17) is 9.97 Å². The molecule has 3 aromatic heterocycles. The Labute approximate surface area is 201 Å². The molecule has 4 aromatic rings. The van der Waals surface area contributed by atoms with Gasteiger partial charge in [0.05, 0.1) is 12.0 Å². The fraction of sp³-hybridized carbons (Fsp3) is 0.444. The Morgan fingerprint density at radius 2 is 1.82 bits per heavy atom. The van der Waals surface area contributed by atoms with Crippen molar-refractivity contribution in [3.05, 3.63) is 71.2 Å². The van der Waals surface area contributed by atoms with Crippen molar-refractivity contribution >= 4 is 17.1 Å². The molecule has 5 rings (SSSR count). The van der Waals surface area contributed by atoms with E-state index in [-0.39, 0.29) is 5.41 Å². The number of hydrogen-bond acceptors (Lipinski definition) is 6. The van der Waals surface area contributed by atoms with E-state index in [1.54, 1.807) is 6.33 Å². The molecule has 0 amide bonds. The number of imidazole rings is 1. The second-order valence-electron chi connectivity index (χ2n) is 10.5. The second kappa shape index (κ2) is 8.78. The molecule has 0 atom stereocenters. The number of piperidine rings is 1. The molecule has 1 fully saturated rings. The van der Waals surface area contributed by atoms with Crippen molar-refractivity contribution in [1.29, 1.82) is 0 Å². The average molecular weight is 456 g/mol. The lowest BCUT2D eigenvalue weighted by molar-refractivity contribution is 0.490. The van der Waals surface area contributed by atoms with Gasteiger partial charge >= 0.3 is 0 Å². The van der Waals surface area contributed by atoms with Gasteiger partial charge in [-0.25, -0.2) is 19.9 Å². The van der Waals surface area contributed by atoms with Gasteiger partial charge in [0.1, 0.15) is 11.8 Å². The number of rotatable bonds is 4. The van der Waals surface area contributed by atoms with E-state index >= 15 is 0 Å². The molecule has 34 heavy (non-hydrogen) atoms. The smallest absolute Gasteiger partial charge is 0.227 e. The maximum atomic E-state index is 5.11. The third-order valence-corrected chi connectivity index (χ3v) is 7.01. The van der Waals surface area contributed by atoms with Crippen LogP contribution in [-0.4, -0.2) is 42.6 Å². The van der Waals surface area contributed by atoms with Crippen LogP contribution in [0.25, 0.3) is 11.2 Å². The molecule has 1 aliphatic heterocycles. The molecule has 0 radical (unpaired) electrons. The van der Waals surface area contributed by atoms with Gasteiger partial charge in [0.25, 0.3) is 0 Å². The molecule has 0 N–H and O–H groups in total. The monoisotopic (exact) mass is 455 g/mol. The minimum atomic E-state index is 0.106. The van der Waals surface area contributed by atoms with Gasteiger partial charge < -0.3 is 9.47 Å². The number of anilines is 1. The summed E-state index contributed by atoms with van der Waals surface area (Å²) in [5.41, 5.74) is 7.99. The largest absolute Gasteiger partial charge is 0.341 e. The summed E-state index contributed by atoms with van der Waals surface area (Å²) in [7, 11) is 2.02. The normalized spacial score (nSPS) is 15.3. The van der Waals surface area contributed by atoms with E-state index in [9.17, 15) is 0 Å². The molecule has 0 saturated carbocycles. The Hall–Kier alpha value is -3.35. The second-order valence-corrected chi connectivity index (χ2v) is 10.5. The van der Waals surface area contributed by atoms with Crippen molar-refractivity contribution in [3.8, 4) is 0 Å². The maximum absolute atomic E-state index is 5.11. The highest BCUT2D eigenvalue weighted by Gasteiger charge is 2.25. The van der Waals surface area contributed by atoms with Gasteiger partial charge in [-0.3, -0.25) is 0 Å². The van der Waals surface area contributed by atoms with E-state index in [1.807, 2.05) is 30.2 Å². The summed E-state index contributed by atoms with van der Waals surface area (Å²) >= 11 is 0. The van der Waals surface area contributed by atoms with Gasteiger partial charge in [0.2, 0.25) is 5.95 Å². The predicted octanol–water partition coefficient (Wildman–Crippen LogP) is 4.73. The first-order chi connectivity index (χ1) is 16.3. The molecule has 1 aliphatic rings. The summed E-state index contributed by atoms with van der Waals surface area (Å²) in [5, 5.41) is 0. The summed E-state index contributed by atoms with van der Waals surface area (Å²) in [4.78, 5) is 25.4. The zero-order chi connectivity index (χ0) is 23.9. The van der Waals surface area contributed by atoms with Gasteiger partial charge in [0, 0.05) is 44.4 Å². The Kier molecular flexibility index (Phi) is 5.80. The van der Waals surface area contributed by atoms with Crippen molar-refractivity contribution in [3.63, 3.8) is 0 Å². The van der Waals surface area contributed by atoms with Crippen LogP contribution in [0, 0.1) is 6.92 Å². The van der Waals surface area contributed by atoms with E-state index < -0.39 is 0 Å². The SMILES string of the molecule is Cc1ccc(C(C)(C)C)cc1Cc1nc(N2CCC(c3ccncn3)CC2)nc2ncn(C)c12. The highest BCUT2D eigenvalue weighted by Crippen LogP contribution is 2.30. The Balaban J connectivity index is 1.45. The summed E-state index contributed by atoms with van der Waals surface area (Å²) in [6.07, 6.45) is 8.13. The number of hydrogen-bond donors (Lipinski definition) is 0. The van der Waals surface area contributed by atoms with Crippen LogP contribution in [0.5, 0.6) is 0 Å². The minimum Gasteiger partial charge on any atom is -0.341 e. The van der Waals surface area contributed by atoms with Crippen LogP contribution in [-0.2, 0) is 18.9 Å². The van der Waals surface area contributed by atoms with Gasteiger partial charge in [-0.1, -0.05) is 39.0 Å².